The van der Waals surface area contributed by atoms with Gasteiger partial charge in [0.05, 0.1) is 17.0 Å². The molecular formula is C19H30IN5O2S. The quantitative estimate of drug-likeness (QED) is 0.205. The van der Waals surface area contributed by atoms with Gasteiger partial charge in [-0.05, 0) is 40.2 Å². The molecule has 0 fully saturated rings. The summed E-state index contributed by atoms with van der Waals surface area (Å²) in [7, 11) is 0. The van der Waals surface area contributed by atoms with E-state index in [1.807, 2.05) is 20.8 Å². The number of hydrogen-bond acceptors (Lipinski definition) is 5. The van der Waals surface area contributed by atoms with Crippen LogP contribution in [0.5, 0.6) is 0 Å². The minimum absolute atomic E-state index is 0. The molecule has 0 aromatic carbocycles. The molecule has 9 heteroatoms. The standard InChI is InChI=1S/C19H29N5O2S.HI/c1-5-20-19(23-11-7-16-24-14(3)15(4)27-16)22-10-6-9-21-18(25)17-13(2)8-12-26-17;/h8,12H,5-7,9-11H2,1-4H3,(H,21,25)(H2,20,22,23);1H. The Balaban J connectivity index is 0.00000392. The maximum Gasteiger partial charge on any atom is 0.287 e. The van der Waals surface area contributed by atoms with Gasteiger partial charge in [0, 0.05) is 43.0 Å². The van der Waals surface area contributed by atoms with Gasteiger partial charge in [0.15, 0.2) is 11.7 Å². The number of rotatable bonds is 9. The molecule has 2 aromatic rings. The van der Waals surface area contributed by atoms with E-state index in [0.29, 0.717) is 18.8 Å². The topological polar surface area (TPSA) is 91.5 Å². The third-order valence-corrected chi connectivity index (χ3v) is 5.14. The largest absolute Gasteiger partial charge is 0.459 e. The molecule has 28 heavy (non-hydrogen) atoms. The number of nitrogens with one attached hydrogen (secondary N) is 3. The van der Waals surface area contributed by atoms with Crippen molar-refractivity contribution in [1.82, 2.24) is 20.9 Å². The summed E-state index contributed by atoms with van der Waals surface area (Å²) in [6, 6.07) is 1.78. The van der Waals surface area contributed by atoms with E-state index >= 15 is 0 Å². The molecule has 3 N–H and O–H groups in total. The van der Waals surface area contributed by atoms with Gasteiger partial charge >= 0.3 is 0 Å². The molecule has 2 heterocycles. The van der Waals surface area contributed by atoms with E-state index < -0.39 is 0 Å². The van der Waals surface area contributed by atoms with Crippen molar-refractivity contribution in [3.05, 3.63) is 39.2 Å². The summed E-state index contributed by atoms with van der Waals surface area (Å²) in [5.74, 6) is 0.984. The molecule has 2 aromatic heterocycles. The van der Waals surface area contributed by atoms with E-state index in [0.717, 1.165) is 48.2 Å². The Morgan fingerprint density at radius 3 is 2.61 bits per heavy atom. The lowest BCUT2D eigenvalue weighted by molar-refractivity contribution is 0.0925. The highest BCUT2D eigenvalue weighted by atomic mass is 127. The zero-order chi connectivity index (χ0) is 19.6. The number of furan rings is 1. The third-order valence-electron chi connectivity index (χ3n) is 4.01. The van der Waals surface area contributed by atoms with Crippen LogP contribution in [0.1, 0.15) is 45.0 Å². The van der Waals surface area contributed by atoms with Crippen molar-refractivity contribution in [3.63, 3.8) is 0 Å². The SMILES string of the molecule is CCNC(=NCCCNC(=O)c1occc1C)NCCc1nc(C)c(C)s1.I. The summed E-state index contributed by atoms with van der Waals surface area (Å²) in [5.41, 5.74) is 1.96. The minimum atomic E-state index is -0.180. The second-order valence-electron chi connectivity index (χ2n) is 6.23. The highest BCUT2D eigenvalue weighted by Crippen LogP contribution is 2.16. The molecule has 0 spiro atoms. The molecule has 0 saturated carbocycles. The monoisotopic (exact) mass is 519 g/mol. The number of aromatic nitrogens is 1. The number of aryl methyl sites for hydroxylation is 3. The van der Waals surface area contributed by atoms with Gasteiger partial charge in [-0.2, -0.15) is 0 Å². The summed E-state index contributed by atoms with van der Waals surface area (Å²) in [6.07, 6.45) is 3.16. The first kappa shape index (κ1) is 24.4. The maximum absolute atomic E-state index is 12.0. The second-order valence-corrected chi connectivity index (χ2v) is 7.52. The molecule has 0 aliphatic carbocycles. The van der Waals surface area contributed by atoms with Crippen LogP contribution in [-0.2, 0) is 6.42 Å². The fourth-order valence-electron chi connectivity index (χ4n) is 2.43. The van der Waals surface area contributed by atoms with Gasteiger partial charge < -0.3 is 20.4 Å². The number of amides is 1. The summed E-state index contributed by atoms with van der Waals surface area (Å²) in [5, 5.41) is 10.6. The molecule has 7 nitrogen and oxygen atoms in total. The van der Waals surface area contributed by atoms with E-state index in [1.165, 1.54) is 11.1 Å². The molecule has 0 bridgehead atoms. The molecule has 0 saturated heterocycles. The number of nitrogens with zero attached hydrogens (tertiary/aromatic N) is 2. The van der Waals surface area contributed by atoms with Crippen molar-refractivity contribution in [3.8, 4) is 0 Å². The number of thiazole rings is 1. The minimum Gasteiger partial charge on any atom is -0.459 e. The average molecular weight is 519 g/mol. The van der Waals surface area contributed by atoms with Gasteiger partial charge in [-0.25, -0.2) is 4.98 Å². The molecular weight excluding hydrogens is 489 g/mol. The van der Waals surface area contributed by atoms with E-state index in [-0.39, 0.29) is 29.9 Å². The van der Waals surface area contributed by atoms with Gasteiger partial charge in [-0.3, -0.25) is 9.79 Å². The lowest BCUT2D eigenvalue weighted by Crippen LogP contribution is -2.38. The van der Waals surface area contributed by atoms with E-state index in [1.54, 1.807) is 17.4 Å². The van der Waals surface area contributed by atoms with Gasteiger partial charge in [0.2, 0.25) is 0 Å². The van der Waals surface area contributed by atoms with Gasteiger partial charge in [-0.15, -0.1) is 35.3 Å². The predicted molar refractivity (Wildman–Crippen MR) is 125 cm³/mol. The molecule has 1 amide bonds. The van der Waals surface area contributed by atoms with Crippen LogP contribution < -0.4 is 16.0 Å². The van der Waals surface area contributed by atoms with Crippen LogP contribution in [0.4, 0.5) is 0 Å². The Morgan fingerprint density at radius 1 is 1.21 bits per heavy atom. The van der Waals surface area contributed by atoms with Gasteiger partial charge in [-0.1, -0.05) is 0 Å². The first-order valence-electron chi connectivity index (χ1n) is 9.28. The lowest BCUT2D eigenvalue weighted by Gasteiger charge is -2.10. The number of aliphatic imine (C=N–C) groups is 1. The Kier molecular flexibility index (Phi) is 11.1. The Labute approximate surface area is 187 Å². The summed E-state index contributed by atoms with van der Waals surface area (Å²) in [4.78, 5) is 22.3. The van der Waals surface area contributed by atoms with Gasteiger partial charge in [0.1, 0.15) is 0 Å². The lowest BCUT2D eigenvalue weighted by atomic mass is 10.2. The fourth-order valence-corrected chi connectivity index (χ4v) is 3.37. The molecule has 0 unspecified atom stereocenters. The zero-order valence-corrected chi connectivity index (χ0v) is 20.1. The van der Waals surface area contributed by atoms with Crippen molar-refractivity contribution >= 4 is 47.2 Å². The summed E-state index contributed by atoms with van der Waals surface area (Å²) < 4.78 is 5.18. The van der Waals surface area contributed by atoms with Crippen molar-refractivity contribution in [1.29, 1.82) is 0 Å². The number of hydrogen-bond donors (Lipinski definition) is 3. The van der Waals surface area contributed by atoms with Crippen molar-refractivity contribution in [2.75, 3.05) is 26.2 Å². The molecule has 0 radical (unpaired) electrons. The van der Waals surface area contributed by atoms with Gasteiger partial charge in [0.25, 0.3) is 5.91 Å². The van der Waals surface area contributed by atoms with Crippen molar-refractivity contribution in [2.24, 2.45) is 4.99 Å². The Morgan fingerprint density at radius 2 is 2.00 bits per heavy atom. The van der Waals surface area contributed by atoms with Crippen LogP contribution in [0.2, 0.25) is 0 Å². The van der Waals surface area contributed by atoms with Crippen LogP contribution in [-0.4, -0.2) is 43.0 Å². The predicted octanol–water partition coefficient (Wildman–Crippen LogP) is 3.20. The number of carbonyl (C=O) groups is 1. The second kappa shape index (κ2) is 12.8. The van der Waals surface area contributed by atoms with Crippen molar-refractivity contribution in [2.45, 2.75) is 40.5 Å². The highest BCUT2D eigenvalue weighted by molar-refractivity contribution is 14.0. The van der Waals surface area contributed by atoms with E-state index in [9.17, 15) is 4.79 Å². The fraction of sp³-hybridized carbons (Fsp3) is 0.526. The van der Waals surface area contributed by atoms with Crippen LogP contribution in [0.3, 0.4) is 0 Å². The normalized spacial score (nSPS) is 11.1. The molecule has 0 aliphatic heterocycles. The smallest absolute Gasteiger partial charge is 0.287 e. The molecule has 2 rings (SSSR count). The molecule has 0 atom stereocenters. The zero-order valence-electron chi connectivity index (χ0n) is 16.9. The van der Waals surface area contributed by atoms with E-state index in [4.69, 9.17) is 4.42 Å². The third kappa shape index (κ3) is 7.78. The average Bonchev–Trinajstić information content (AvgIpc) is 3.19. The van der Waals surface area contributed by atoms with Crippen LogP contribution in [0, 0.1) is 20.8 Å². The van der Waals surface area contributed by atoms with Crippen LogP contribution >= 0.6 is 35.3 Å². The van der Waals surface area contributed by atoms with E-state index in [2.05, 4.69) is 32.9 Å². The summed E-state index contributed by atoms with van der Waals surface area (Å²) >= 11 is 1.75. The molecule has 156 valence electrons. The summed E-state index contributed by atoms with van der Waals surface area (Å²) in [6.45, 7) is 10.8. The van der Waals surface area contributed by atoms with Crippen molar-refractivity contribution < 1.29 is 9.21 Å². The number of halogens is 1. The van der Waals surface area contributed by atoms with Crippen LogP contribution in [0.25, 0.3) is 0 Å². The highest BCUT2D eigenvalue weighted by Gasteiger charge is 2.11. The Bertz CT molecular complexity index is 753. The number of guanidine groups is 1. The van der Waals surface area contributed by atoms with Crippen LogP contribution in [0.15, 0.2) is 21.7 Å². The Hall–Kier alpha value is -1.62. The molecule has 0 aliphatic rings. The first-order chi connectivity index (χ1) is 13.0. The maximum atomic E-state index is 12.0. The first-order valence-corrected chi connectivity index (χ1v) is 10.1. The number of carbonyl (C=O) groups excluding carboxylic acids is 1.